The van der Waals surface area contributed by atoms with E-state index in [1.807, 2.05) is 0 Å². The van der Waals surface area contributed by atoms with Crippen molar-refractivity contribution in [1.82, 2.24) is 0 Å². The lowest BCUT2D eigenvalue weighted by Gasteiger charge is -2.23. The van der Waals surface area contributed by atoms with Crippen LogP contribution in [-0.4, -0.2) is 61.7 Å². The third kappa shape index (κ3) is 7.69. The number of aliphatic carboxylic acids is 1. The molecule has 0 aromatic heterocycles. The van der Waals surface area contributed by atoms with Gasteiger partial charge in [-0.3, -0.25) is 4.79 Å². The molecule has 23 heavy (non-hydrogen) atoms. The van der Waals surface area contributed by atoms with Gasteiger partial charge in [0.2, 0.25) is 0 Å². The molecule has 120 valence electrons. The van der Waals surface area contributed by atoms with Crippen molar-refractivity contribution in [3.63, 3.8) is 0 Å². The van der Waals surface area contributed by atoms with E-state index in [-0.39, 0.29) is 0 Å². The molecule has 7 nitrogen and oxygen atoms in total. The Morgan fingerprint density at radius 2 is 1.30 bits per heavy atom. The average Bonchev–Trinajstić information content (AvgIpc) is 2.54. The molecule has 0 fully saturated rings. The number of hydrogen-bond acceptors (Lipinski definition) is 6. The zero-order chi connectivity index (χ0) is 17.8. The molecule has 0 saturated heterocycles. The number of carbonyl (C=O) groups is 2. The van der Waals surface area contributed by atoms with Crippen molar-refractivity contribution < 1.29 is 35.1 Å². The fourth-order valence-corrected chi connectivity index (χ4v) is 1.18. The van der Waals surface area contributed by atoms with Crippen LogP contribution in [0.25, 0.3) is 0 Å². The smallest absolute Gasteiger partial charge is 0.335 e. The molecule has 0 aliphatic heterocycles. The quantitative estimate of drug-likeness (QED) is 0.342. The van der Waals surface area contributed by atoms with Crippen LogP contribution in [0.15, 0.2) is 0 Å². The molecule has 0 radical (unpaired) electrons. The van der Waals surface area contributed by atoms with Crippen LogP contribution in [0.5, 0.6) is 0 Å². The Bertz CT molecular complexity index is 679. The Hall–Kier alpha value is -2.78. The van der Waals surface area contributed by atoms with Crippen molar-refractivity contribution in [2.75, 3.05) is 0 Å². The summed E-state index contributed by atoms with van der Waals surface area (Å²) in [6.07, 6.45) is -9.32. The van der Waals surface area contributed by atoms with E-state index in [4.69, 9.17) is 10.2 Å². The minimum absolute atomic E-state index is 0.495. The van der Waals surface area contributed by atoms with Gasteiger partial charge in [0.1, 0.15) is 18.3 Å². The zero-order valence-electron chi connectivity index (χ0n) is 12.1. The van der Waals surface area contributed by atoms with Crippen LogP contribution >= 0.6 is 0 Å². The van der Waals surface area contributed by atoms with Crippen LogP contribution in [0.1, 0.15) is 13.3 Å². The highest BCUT2D eigenvalue weighted by Crippen LogP contribution is 2.07. The second-order valence-electron chi connectivity index (χ2n) is 4.03. The van der Waals surface area contributed by atoms with Gasteiger partial charge in [-0.2, -0.15) is 0 Å². The van der Waals surface area contributed by atoms with Crippen molar-refractivity contribution in [1.29, 1.82) is 0 Å². The summed E-state index contributed by atoms with van der Waals surface area (Å²) in [6, 6.07) is 0. The van der Waals surface area contributed by atoms with Gasteiger partial charge >= 0.3 is 5.97 Å². The summed E-state index contributed by atoms with van der Waals surface area (Å²) in [7, 11) is 0. The molecule has 0 spiro atoms. The van der Waals surface area contributed by atoms with Crippen molar-refractivity contribution in [3.05, 3.63) is 0 Å². The van der Waals surface area contributed by atoms with Gasteiger partial charge in [0, 0.05) is 0 Å². The molecule has 0 heterocycles. The van der Waals surface area contributed by atoms with Gasteiger partial charge in [-0.25, -0.2) is 4.79 Å². The van der Waals surface area contributed by atoms with E-state index >= 15 is 0 Å². The molecule has 0 aromatic rings. The Balaban J connectivity index is 4.60. The third-order valence-electron chi connectivity index (χ3n) is 2.37. The van der Waals surface area contributed by atoms with E-state index in [9.17, 15) is 24.9 Å². The number of carboxylic acid groups (broad SMARTS) is 1. The molecule has 0 saturated carbocycles. The van der Waals surface area contributed by atoms with Crippen molar-refractivity contribution in [2.24, 2.45) is 0 Å². The summed E-state index contributed by atoms with van der Waals surface area (Å²) in [5.74, 6) is 16.2. The van der Waals surface area contributed by atoms with Crippen LogP contribution < -0.4 is 0 Å². The molecule has 0 aliphatic rings. The summed E-state index contributed by atoms with van der Waals surface area (Å²) in [5.41, 5.74) is 0. The number of carboxylic acids is 1. The summed E-state index contributed by atoms with van der Waals surface area (Å²) < 4.78 is 0. The molecule has 0 unspecified atom stereocenters. The predicted octanol–water partition coefficient (Wildman–Crippen LogP) is -2.49. The number of Topliss-reactive ketones (excluding diaryl/α,β-unsaturated/α-hetero) is 1. The molecule has 0 amide bonds. The number of aliphatic hydroxyl groups excluding tert-OH is 4. The van der Waals surface area contributed by atoms with E-state index in [1.54, 1.807) is 6.92 Å². The second kappa shape index (κ2) is 10.9. The number of hydrogen-bond donors (Lipinski definition) is 5. The summed E-state index contributed by atoms with van der Waals surface area (Å²) in [6.45, 7) is 1.61. The molecule has 7 heteroatoms. The fraction of sp³-hybridized carbons (Fsp3) is 0.375. The normalized spacial score (nSPS) is 13.8. The van der Waals surface area contributed by atoms with Crippen LogP contribution in [0.2, 0.25) is 0 Å². The molecule has 0 aliphatic carbocycles. The van der Waals surface area contributed by atoms with E-state index < -0.39 is 42.6 Å². The summed E-state index contributed by atoms with van der Waals surface area (Å²) >= 11 is 0. The van der Waals surface area contributed by atoms with Crippen LogP contribution in [-0.2, 0) is 9.59 Å². The highest BCUT2D eigenvalue weighted by Gasteiger charge is 2.36. The molecule has 4 atom stereocenters. The summed E-state index contributed by atoms with van der Waals surface area (Å²) in [5, 5.41) is 45.7. The highest BCUT2D eigenvalue weighted by molar-refractivity contribution is 5.86. The number of ketones is 1. The first-order chi connectivity index (χ1) is 10.8. The topological polar surface area (TPSA) is 135 Å². The van der Waals surface area contributed by atoms with E-state index in [0.29, 0.717) is 0 Å². The zero-order valence-corrected chi connectivity index (χ0v) is 12.1. The van der Waals surface area contributed by atoms with Crippen LogP contribution in [0.4, 0.5) is 0 Å². The third-order valence-corrected chi connectivity index (χ3v) is 2.37. The first-order valence-corrected chi connectivity index (χ1v) is 6.20. The van der Waals surface area contributed by atoms with Gasteiger partial charge in [0.05, 0.1) is 6.42 Å². The Kier molecular flexibility index (Phi) is 9.56. The van der Waals surface area contributed by atoms with Gasteiger partial charge in [-0.1, -0.05) is 11.8 Å². The Labute approximate surface area is 133 Å². The van der Waals surface area contributed by atoms with Gasteiger partial charge in [-0.05, 0) is 42.4 Å². The Morgan fingerprint density at radius 3 is 1.83 bits per heavy atom. The number of rotatable bonds is 6. The molecule has 0 bridgehead atoms. The molecule has 0 aromatic carbocycles. The van der Waals surface area contributed by atoms with Crippen molar-refractivity contribution in [3.8, 4) is 47.4 Å². The lowest BCUT2D eigenvalue weighted by atomic mass is 9.99. The van der Waals surface area contributed by atoms with Gasteiger partial charge in [-0.15, -0.1) is 0 Å². The lowest BCUT2D eigenvalue weighted by Crippen LogP contribution is -2.49. The predicted molar refractivity (Wildman–Crippen MR) is 78.1 cm³/mol. The number of carbonyl (C=O) groups excluding carboxylic acids is 1. The van der Waals surface area contributed by atoms with E-state index in [0.717, 1.165) is 0 Å². The molecule has 5 N–H and O–H groups in total. The number of aliphatic hydroxyl groups is 4. The maximum absolute atomic E-state index is 11.5. The lowest BCUT2D eigenvalue weighted by molar-refractivity contribution is -0.165. The van der Waals surface area contributed by atoms with Crippen molar-refractivity contribution >= 4 is 11.8 Å². The van der Waals surface area contributed by atoms with Gasteiger partial charge < -0.3 is 25.5 Å². The van der Waals surface area contributed by atoms with Gasteiger partial charge in [0.15, 0.2) is 11.9 Å². The standard InChI is InChI=1S/C16H14O7/c1-2-3-4-5-6-7-8-9-10-11(17)12(18)13(19)14(20)15(21)16(22)23/h12-15,18-21H,10H2,1H3,(H,22,23)/t12-,13+,14-,15-/m1/s1. The molecule has 0 rings (SSSR count). The Morgan fingerprint density at radius 1 is 0.826 bits per heavy atom. The van der Waals surface area contributed by atoms with Crippen molar-refractivity contribution in [2.45, 2.75) is 37.8 Å². The van der Waals surface area contributed by atoms with Gasteiger partial charge in [0.25, 0.3) is 0 Å². The maximum atomic E-state index is 11.5. The van der Waals surface area contributed by atoms with E-state index in [1.165, 1.54) is 0 Å². The first kappa shape index (κ1) is 20.2. The molecular weight excluding hydrogens is 304 g/mol. The fourth-order valence-electron chi connectivity index (χ4n) is 1.18. The monoisotopic (exact) mass is 318 g/mol. The minimum atomic E-state index is -2.34. The maximum Gasteiger partial charge on any atom is 0.335 e. The molecular formula is C16H14O7. The van der Waals surface area contributed by atoms with Crippen LogP contribution in [0, 0.1) is 47.4 Å². The largest absolute Gasteiger partial charge is 0.479 e. The SMILES string of the molecule is CC#CC#CC#CC#CCC(=O)[C@@H](O)[C@H](O)[C@@H](O)[C@@H](O)C(=O)O. The average molecular weight is 318 g/mol. The highest BCUT2D eigenvalue weighted by atomic mass is 16.4. The minimum Gasteiger partial charge on any atom is -0.479 e. The second-order valence-corrected chi connectivity index (χ2v) is 4.03. The first-order valence-electron chi connectivity index (χ1n) is 6.20. The van der Waals surface area contributed by atoms with E-state index in [2.05, 4.69) is 47.4 Å². The summed E-state index contributed by atoms with van der Waals surface area (Å²) in [4.78, 5) is 21.9. The van der Waals surface area contributed by atoms with Crippen LogP contribution in [0.3, 0.4) is 0 Å².